The van der Waals surface area contributed by atoms with Crippen LogP contribution >= 0.6 is 0 Å². The summed E-state index contributed by atoms with van der Waals surface area (Å²) < 4.78 is 1.74. The van der Waals surface area contributed by atoms with Gasteiger partial charge in [-0.15, -0.1) is 0 Å². The highest BCUT2D eigenvalue weighted by molar-refractivity contribution is 5.92. The number of piperidine rings is 1. The van der Waals surface area contributed by atoms with Crippen molar-refractivity contribution in [1.29, 1.82) is 0 Å². The summed E-state index contributed by atoms with van der Waals surface area (Å²) in [6.45, 7) is 2.73. The third kappa shape index (κ3) is 3.27. The van der Waals surface area contributed by atoms with Gasteiger partial charge in [0.15, 0.2) is 0 Å². The van der Waals surface area contributed by atoms with Gasteiger partial charge in [0.2, 0.25) is 0 Å². The molecule has 2 aromatic heterocycles. The molecule has 0 saturated carbocycles. The SMILES string of the molecule is Cn1cncc1C(=O)NCC1CCCN(c2ccncc2)C1. The van der Waals surface area contributed by atoms with Crippen LogP contribution in [0, 0.1) is 5.92 Å². The van der Waals surface area contributed by atoms with Gasteiger partial charge in [0, 0.05) is 44.8 Å². The summed E-state index contributed by atoms with van der Waals surface area (Å²) in [7, 11) is 1.83. The molecule has 1 aliphatic rings. The fraction of sp³-hybridized carbons (Fsp3) is 0.438. The average molecular weight is 299 g/mol. The number of imidazole rings is 1. The third-order valence-electron chi connectivity index (χ3n) is 4.15. The van der Waals surface area contributed by atoms with Crippen molar-refractivity contribution in [3.8, 4) is 0 Å². The summed E-state index contributed by atoms with van der Waals surface area (Å²) in [5.74, 6) is 0.417. The Balaban J connectivity index is 1.55. The lowest BCUT2D eigenvalue weighted by Crippen LogP contribution is -2.41. The predicted octanol–water partition coefficient (Wildman–Crippen LogP) is 1.46. The Morgan fingerprint density at radius 1 is 1.36 bits per heavy atom. The van der Waals surface area contributed by atoms with E-state index in [4.69, 9.17) is 0 Å². The highest BCUT2D eigenvalue weighted by atomic mass is 16.1. The van der Waals surface area contributed by atoms with Gasteiger partial charge in [0.05, 0.1) is 12.5 Å². The topological polar surface area (TPSA) is 63.1 Å². The van der Waals surface area contributed by atoms with Crippen LogP contribution in [0.2, 0.25) is 0 Å². The van der Waals surface area contributed by atoms with Crippen LogP contribution in [-0.4, -0.2) is 40.1 Å². The zero-order valence-electron chi connectivity index (χ0n) is 12.8. The standard InChI is InChI=1S/C16H21N5O/c1-20-12-18-10-15(20)16(22)19-9-13-3-2-8-21(11-13)14-4-6-17-7-5-14/h4-7,10,12-13H,2-3,8-9,11H2,1H3,(H,19,22). The molecule has 1 fully saturated rings. The molecule has 3 heterocycles. The van der Waals surface area contributed by atoms with Crippen molar-refractivity contribution in [1.82, 2.24) is 19.9 Å². The number of rotatable bonds is 4. The van der Waals surface area contributed by atoms with Crippen LogP contribution in [-0.2, 0) is 7.05 Å². The lowest BCUT2D eigenvalue weighted by Gasteiger charge is -2.34. The van der Waals surface area contributed by atoms with Crippen molar-refractivity contribution in [3.63, 3.8) is 0 Å². The van der Waals surface area contributed by atoms with Gasteiger partial charge in [-0.25, -0.2) is 4.98 Å². The minimum atomic E-state index is -0.0546. The predicted molar refractivity (Wildman–Crippen MR) is 84.7 cm³/mol. The van der Waals surface area contributed by atoms with Gasteiger partial charge in [-0.1, -0.05) is 0 Å². The molecule has 0 radical (unpaired) electrons. The molecule has 1 saturated heterocycles. The van der Waals surface area contributed by atoms with E-state index >= 15 is 0 Å². The summed E-state index contributed by atoms with van der Waals surface area (Å²) in [6.07, 6.45) is 9.17. The van der Waals surface area contributed by atoms with Gasteiger partial charge >= 0.3 is 0 Å². The van der Waals surface area contributed by atoms with Crippen LogP contribution < -0.4 is 10.2 Å². The molecule has 0 spiro atoms. The van der Waals surface area contributed by atoms with Crippen molar-refractivity contribution in [2.75, 3.05) is 24.5 Å². The molecule has 6 heteroatoms. The molecule has 1 amide bonds. The number of carbonyl (C=O) groups excluding carboxylic acids is 1. The van der Waals surface area contributed by atoms with Gasteiger partial charge < -0.3 is 14.8 Å². The molecule has 116 valence electrons. The number of aromatic nitrogens is 3. The van der Waals surface area contributed by atoms with E-state index in [9.17, 15) is 4.79 Å². The lowest BCUT2D eigenvalue weighted by molar-refractivity contribution is 0.0937. The quantitative estimate of drug-likeness (QED) is 0.928. The zero-order valence-corrected chi connectivity index (χ0v) is 12.8. The van der Waals surface area contributed by atoms with Crippen molar-refractivity contribution < 1.29 is 4.79 Å². The van der Waals surface area contributed by atoms with E-state index in [1.807, 2.05) is 31.6 Å². The first kappa shape index (κ1) is 14.6. The van der Waals surface area contributed by atoms with E-state index in [1.165, 1.54) is 5.69 Å². The molecule has 2 aromatic rings. The first-order chi connectivity index (χ1) is 10.7. The number of aryl methyl sites for hydroxylation is 1. The second-order valence-electron chi connectivity index (χ2n) is 5.76. The monoisotopic (exact) mass is 299 g/mol. The molecule has 1 atom stereocenters. The fourth-order valence-electron chi connectivity index (χ4n) is 2.92. The van der Waals surface area contributed by atoms with E-state index in [-0.39, 0.29) is 5.91 Å². The van der Waals surface area contributed by atoms with Crippen LogP contribution in [0.5, 0.6) is 0 Å². The number of nitrogens with zero attached hydrogens (tertiary/aromatic N) is 4. The van der Waals surface area contributed by atoms with Crippen LogP contribution in [0.15, 0.2) is 37.1 Å². The molecular weight excluding hydrogens is 278 g/mol. The summed E-state index contributed by atoms with van der Waals surface area (Å²) in [6, 6.07) is 4.08. The van der Waals surface area contributed by atoms with Crippen LogP contribution in [0.1, 0.15) is 23.3 Å². The molecule has 0 aromatic carbocycles. The van der Waals surface area contributed by atoms with Crippen LogP contribution in [0.4, 0.5) is 5.69 Å². The number of hydrogen-bond acceptors (Lipinski definition) is 4. The second kappa shape index (κ2) is 6.60. The highest BCUT2D eigenvalue weighted by Crippen LogP contribution is 2.22. The van der Waals surface area contributed by atoms with E-state index in [2.05, 4.69) is 20.2 Å². The fourth-order valence-corrected chi connectivity index (χ4v) is 2.92. The maximum atomic E-state index is 12.1. The zero-order chi connectivity index (χ0) is 15.4. The largest absolute Gasteiger partial charge is 0.371 e. The minimum absolute atomic E-state index is 0.0546. The smallest absolute Gasteiger partial charge is 0.269 e. The van der Waals surface area contributed by atoms with Gasteiger partial charge in [-0.05, 0) is 30.9 Å². The summed E-state index contributed by atoms with van der Waals surface area (Å²) >= 11 is 0. The average Bonchev–Trinajstić information content (AvgIpc) is 3.00. The first-order valence-electron chi connectivity index (χ1n) is 7.63. The Kier molecular flexibility index (Phi) is 4.37. The van der Waals surface area contributed by atoms with Crippen LogP contribution in [0.3, 0.4) is 0 Å². The molecule has 1 aliphatic heterocycles. The van der Waals surface area contributed by atoms with E-state index < -0.39 is 0 Å². The molecular formula is C16H21N5O. The molecule has 3 rings (SSSR count). The normalized spacial score (nSPS) is 18.2. The van der Waals surface area contributed by atoms with Gasteiger partial charge in [0.1, 0.15) is 5.69 Å². The number of carbonyl (C=O) groups is 1. The summed E-state index contributed by atoms with van der Waals surface area (Å²) in [4.78, 5) is 22.5. The Bertz CT molecular complexity index is 624. The maximum Gasteiger partial charge on any atom is 0.269 e. The Morgan fingerprint density at radius 3 is 2.91 bits per heavy atom. The molecule has 6 nitrogen and oxygen atoms in total. The number of nitrogens with one attached hydrogen (secondary N) is 1. The first-order valence-corrected chi connectivity index (χ1v) is 7.63. The van der Waals surface area contributed by atoms with Crippen molar-refractivity contribution in [3.05, 3.63) is 42.7 Å². The maximum absolute atomic E-state index is 12.1. The number of pyridine rings is 1. The molecule has 0 aliphatic carbocycles. The number of hydrogen-bond donors (Lipinski definition) is 1. The highest BCUT2D eigenvalue weighted by Gasteiger charge is 2.21. The van der Waals surface area contributed by atoms with Crippen molar-refractivity contribution >= 4 is 11.6 Å². The third-order valence-corrected chi connectivity index (χ3v) is 4.15. The molecule has 0 bridgehead atoms. The number of anilines is 1. The Labute approximate surface area is 130 Å². The summed E-state index contributed by atoms with van der Waals surface area (Å²) in [5.41, 5.74) is 1.81. The van der Waals surface area contributed by atoms with Crippen molar-refractivity contribution in [2.45, 2.75) is 12.8 Å². The van der Waals surface area contributed by atoms with Gasteiger partial charge in [-0.3, -0.25) is 9.78 Å². The van der Waals surface area contributed by atoms with E-state index in [1.54, 1.807) is 17.1 Å². The lowest BCUT2D eigenvalue weighted by atomic mass is 9.97. The molecule has 22 heavy (non-hydrogen) atoms. The Morgan fingerprint density at radius 2 is 2.18 bits per heavy atom. The van der Waals surface area contributed by atoms with Gasteiger partial charge in [0.25, 0.3) is 5.91 Å². The van der Waals surface area contributed by atoms with Crippen molar-refractivity contribution in [2.24, 2.45) is 13.0 Å². The Hall–Kier alpha value is -2.37. The van der Waals surface area contributed by atoms with Gasteiger partial charge in [-0.2, -0.15) is 0 Å². The second-order valence-corrected chi connectivity index (χ2v) is 5.76. The van der Waals surface area contributed by atoms with E-state index in [0.29, 0.717) is 18.2 Å². The minimum Gasteiger partial charge on any atom is -0.371 e. The van der Waals surface area contributed by atoms with E-state index in [0.717, 1.165) is 25.9 Å². The number of amides is 1. The van der Waals surface area contributed by atoms with Crippen LogP contribution in [0.25, 0.3) is 0 Å². The molecule has 1 N–H and O–H groups in total. The molecule has 1 unspecified atom stereocenters. The summed E-state index contributed by atoms with van der Waals surface area (Å²) in [5, 5.41) is 3.03.